The maximum absolute atomic E-state index is 14.3. The smallest absolute Gasteiger partial charge is 0.272 e. The van der Waals surface area contributed by atoms with E-state index in [4.69, 9.17) is 0 Å². The first kappa shape index (κ1) is 16.3. The van der Waals surface area contributed by atoms with Gasteiger partial charge in [0.15, 0.2) is 5.65 Å². The van der Waals surface area contributed by atoms with Gasteiger partial charge in [0.25, 0.3) is 15.2 Å². The van der Waals surface area contributed by atoms with Crippen LogP contribution in [0.2, 0.25) is 0 Å². The van der Waals surface area contributed by atoms with Gasteiger partial charge in [-0.05, 0) is 32.0 Å². The maximum Gasteiger partial charge on any atom is 0.299 e. The Hall–Kier alpha value is -3.14. The number of hydrogen-bond acceptors (Lipinski definition) is 6. The van der Waals surface area contributed by atoms with Crippen molar-refractivity contribution < 1.29 is 12.8 Å². The van der Waals surface area contributed by atoms with Gasteiger partial charge in [-0.25, -0.2) is 9.37 Å². The second kappa shape index (κ2) is 5.70. The number of nitrogens with one attached hydrogen (secondary N) is 1. The Morgan fingerprint density at radius 2 is 1.96 bits per heavy atom. The normalized spacial score (nSPS) is 12.0. The fourth-order valence-corrected chi connectivity index (χ4v) is 3.63. The maximum atomic E-state index is 14.3. The third-order valence-electron chi connectivity index (χ3n) is 3.80. The van der Waals surface area contributed by atoms with E-state index in [2.05, 4.69) is 24.8 Å². The number of hydrogen-bond donors (Lipinski definition) is 1. The van der Waals surface area contributed by atoms with Crippen LogP contribution < -0.4 is 4.72 Å². The van der Waals surface area contributed by atoms with E-state index < -0.39 is 21.0 Å². The Kier molecular flexibility index (Phi) is 3.58. The Labute approximate surface area is 147 Å². The lowest BCUT2D eigenvalue weighted by Crippen LogP contribution is -2.16. The zero-order chi connectivity index (χ0) is 18.5. The molecule has 4 rings (SSSR count). The van der Waals surface area contributed by atoms with Crippen LogP contribution in [0.1, 0.15) is 11.5 Å². The van der Waals surface area contributed by atoms with Gasteiger partial charge in [-0.15, -0.1) is 5.10 Å². The molecule has 0 saturated carbocycles. The Morgan fingerprint density at radius 1 is 1.15 bits per heavy atom. The quantitative estimate of drug-likeness (QED) is 0.592. The molecule has 132 valence electrons. The van der Waals surface area contributed by atoms with E-state index >= 15 is 0 Å². The third kappa shape index (κ3) is 2.64. The molecule has 3 aromatic heterocycles. The molecule has 0 aliphatic carbocycles. The number of rotatable bonds is 3. The van der Waals surface area contributed by atoms with Crippen molar-refractivity contribution in [1.29, 1.82) is 0 Å². The number of aryl methyl sites for hydroxylation is 2. The molecule has 0 amide bonds. The second-order valence-corrected chi connectivity index (χ2v) is 7.29. The first-order valence-electron chi connectivity index (χ1n) is 7.62. The molecule has 8 nitrogen and oxygen atoms in total. The van der Waals surface area contributed by atoms with Crippen molar-refractivity contribution in [1.82, 2.24) is 24.6 Å². The van der Waals surface area contributed by atoms with Crippen LogP contribution in [0.5, 0.6) is 0 Å². The predicted molar refractivity (Wildman–Crippen MR) is 92.8 cm³/mol. The number of pyridine rings is 1. The molecule has 1 aromatic carbocycles. The van der Waals surface area contributed by atoms with Crippen LogP contribution in [0.15, 0.2) is 41.7 Å². The molecular formula is C16H13FN6O2S. The zero-order valence-electron chi connectivity index (χ0n) is 13.8. The fraction of sp³-hybridized carbons (Fsp3) is 0.125. The Balaban J connectivity index is 1.84. The van der Waals surface area contributed by atoms with Crippen molar-refractivity contribution in [3.8, 4) is 0 Å². The molecule has 26 heavy (non-hydrogen) atoms. The van der Waals surface area contributed by atoms with Crippen molar-refractivity contribution in [3.63, 3.8) is 0 Å². The largest absolute Gasteiger partial charge is 0.299 e. The van der Waals surface area contributed by atoms with E-state index in [1.165, 1.54) is 22.8 Å². The average Bonchev–Trinajstić information content (AvgIpc) is 3.03. The summed E-state index contributed by atoms with van der Waals surface area (Å²) in [5.74, 6) is -0.246. The summed E-state index contributed by atoms with van der Waals surface area (Å²) in [5, 5.41) is 4.11. The van der Waals surface area contributed by atoms with E-state index in [1.807, 2.05) is 0 Å². The number of aromatic nitrogens is 5. The van der Waals surface area contributed by atoms with Gasteiger partial charge in [0.2, 0.25) is 0 Å². The van der Waals surface area contributed by atoms with Gasteiger partial charge in [-0.2, -0.15) is 17.9 Å². The molecular weight excluding hydrogens is 359 g/mol. The molecule has 1 N–H and O–H groups in total. The van der Waals surface area contributed by atoms with E-state index in [0.717, 1.165) is 0 Å². The first-order valence-corrected chi connectivity index (χ1v) is 9.10. The summed E-state index contributed by atoms with van der Waals surface area (Å²) in [6.45, 7) is 3.46. The number of nitrogens with zero attached hydrogens (tertiary/aromatic N) is 5. The Morgan fingerprint density at radius 3 is 2.77 bits per heavy atom. The highest BCUT2D eigenvalue weighted by Gasteiger charge is 2.24. The minimum absolute atomic E-state index is 0.202. The van der Waals surface area contributed by atoms with Crippen molar-refractivity contribution >= 4 is 32.3 Å². The van der Waals surface area contributed by atoms with Gasteiger partial charge in [0.05, 0.1) is 5.52 Å². The highest BCUT2D eigenvalue weighted by Crippen LogP contribution is 2.26. The summed E-state index contributed by atoms with van der Waals surface area (Å²) >= 11 is 0. The molecule has 0 aliphatic heterocycles. The molecule has 0 saturated heterocycles. The number of anilines is 1. The van der Waals surface area contributed by atoms with Crippen LogP contribution in [0.4, 0.5) is 10.1 Å². The van der Waals surface area contributed by atoms with E-state index in [-0.39, 0.29) is 11.2 Å². The summed E-state index contributed by atoms with van der Waals surface area (Å²) < 4.78 is 43.2. The number of fused-ring (bicyclic) bond motifs is 2. The molecule has 0 spiro atoms. The van der Waals surface area contributed by atoms with Crippen LogP contribution in [-0.4, -0.2) is 33.0 Å². The lowest BCUT2D eigenvalue weighted by atomic mass is 10.2. The summed E-state index contributed by atoms with van der Waals surface area (Å²) in [4.78, 5) is 12.3. The summed E-state index contributed by atoms with van der Waals surface area (Å²) in [5.41, 5.74) is 0.983. The minimum atomic E-state index is -4.22. The van der Waals surface area contributed by atoms with Crippen molar-refractivity contribution in [2.24, 2.45) is 0 Å². The van der Waals surface area contributed by atoms with Gasteiger partial charge < -0.3 is 0 Å². The van der Waals surface area contributed by atoms with Crippen LogP contribution in [-0.2, 0) is 10.0 Å². The van der Waals surface area contributed by atoms with Crippen LogP contribution in [0.3, 0.4) is 0 Å². The molecule has 0 unspecified atom stereocenters. The third-order valence-corrected chi connectivity index (χ3v) is 4.92. The topological polar surface area (TPSA) is 102 Å². The average molecular weight is 372 g/mol. The zero-order valence-corrected chi connectivity index (χ0v) is 14.6. The van der Waals surface area contributed by atoms with E-state index in [1.54, 1.807) is 32.0 Å². The van der Waals surface area contributed by atoms with Gasteiger partial charge >= 0.3 is 0 Å². The highest BCUT2D eigenvalue weighted by atomic mass is 32.2. The monoisotopic (exact) mass is 372 g/mol. The molecule has 0 bridgehead atoms. The lowest BCUT2D eigenvalue weighted by molar-refractivity contribution is 0.589. The molecule has 0 atom stereocenters. The molecule has 10 heteroatoms. The van der Waals surface area contributed by atoms with Crippen LogP contribution in [0, 0.1) is 19.7 Å². The molecule has 0 fully saturated rings. The van der Waals surface area contributed by atoms with Crippen LogP contribution in [0.25, 0.3) is 16.6 Å². The highest BCUT2D eigenvalue weighted by molar-refractivity contribution is 7.92. The van der Waals surface area contributed by atoms with Crippen molar-refractivity contribution in [2.75, 3.05) is 4.72 Å². The van der Waals surface area contributed by atoms with Gasteiger partial charge in [-0.3, -0.25) is 9.71 Å². The van der Waals surface area contributed by atoms with Crippen molar-refractivity contribution in [3.05, 3.63) is 53.9 Å². The van der Waals surface area contributed by atoms with Crippen LogP contribution >= 0.6 is 0 Å². The predicted octanol–water partition coefficient (Wildman–Crippen LogP) is 2.23. The Bertz CT molecular complexity index is 1270. The summed E-state index contributed by atoms with van der Waals surface area (Å²) in [6, 6.07) is 7.70. The molecule has 4 aromatic rings. The number of benzene rings is 1. The second-order valence-electron chi connectivity index (χ2n) is 5.71. The van der Waals surface area contributed by atoms with Gasteiger partial charge in [0, 0.05) is 23.3 Å². The SMILES string of the molecule is Cc1cc2nc(S(=O)(=O)Nc3c(F)ccc4cccnc34)nn2c(C)n1. The molecule has 0 radical (unpaired) electrons. The standard InChI is InChI=1S/C16H13FN6O2S/c1-9-8-13-20-16(21-23(13)10(2)19-9)26(24,25)22-15-12(17)6-5-11-4-3-7-18-14(11)15/h3-8,22H,1-2H3. The number of sulfonamides is 1. The fourth-order valence-electron chi connectivity index (χ4n) is 2.67. The van der Waals surface area contributed by atoms with E-state index in [0.29, 0.717) is 22.6 Å². The van der Waals surface area contributed by atoms with Gasteiger partial charge in [0.1, 0.15) is 17.3 Å². The minimum Gasteiger partial charge on any atom is -0.272 e. The molecule has 0 aliphatic rings. The van der Waals surface area contributed by atoms with E-state index in [9.17, 15) is 12.8 Å². The summed E-state index contributed by atoms with van der Waals surface area (Å²) in [6.07, 6.45) is 1.46. The van der Waals surface area contributed by atoms with Gasteiger partial charge in [-0.1, -0.05) is 6.07 Å². The number of halogens is 1. The summed E-state index contributed by atoms with van der Waals surface area (Å²) in [7, 11) is -4.22. The lowest BCUT2D eigenvalue weighted by Gasteiger charge is -2.09. The van der Waals surface area contributed by atoms with Crippen molar-refractivity contribution in [2.45, 2.75) is 19.0 Å². The molecule has 3 heterocycles. The first-order chi connectivity index (χ1) is 12.3.